The zero-order valence-corrected chi connectivity index (χ0v) is 14.7. The Hall–Kier alpha value is -3.08. The first-order valence-electron chi connectivity index (χ1n) is 7.53. The number of hydrogen-bond donors (Lipinski definition) is 1. The first-order chi connectivity index (χ1) is 12.5. The van der Waals surface area contributed by atoms with Crippen LogP contribution in [0.15, 0.2) is 47.0 Å². The van der Waals surface area contributed by atoms with E-state index in [1.165, 1.54) is 11.3 Å². The molecule has 1 aromatic carbocycles. The third-order valence-electron chi connectivity index (χ3n) is 3.94. The molecule has 3 aromatic heterocycles. The second kappa shape index (κ2) is 6.33. The number of fused-ring (bicyclic) bond motifs is 1. The lowest BCUT2D eigenvalue weighted by Gasteiger charge is -2.05. The Bertz CT molecular complexity index is 1180. The average Bonchev–Trinajstić information content (AvgIpc) is 3.33. The standard InChI is InChI=1S/C18H10ClN3O3S/c19-17-4-3-16(26-17)15-7-12(21-25-15)9-22-13-2-1-10(8-20)5-11(13)6-14(22)18(23)24/h1-7H,9H2,(H,23,24). The highest BCUT2D eigenvalue weighted by molar-refractivity contribution is 7.19. The van der Waals surface area contributed by atoms with Gasteiger partial charge in [0, 0.05) is 17.0 Å². The molecule has 0 bridgehead atoms. The van der Waals surface area contributed by atoms with Crippen LogP contribution in [0.1, 0.15) is 21.7 Å². The summed E-state index contributed by atoms with van der Waals surface area (Å²) >= 11 is 7.32. The van der Waals surface area contributed by atoms with Crippen molar-refractivity contribution in [3.05, 3.63) is 63.8 Å². The molecule has 0 aliphatic rings. The van der Waals surface area contributed by atoms with E-state index in [-0.39, 0.29) is 12.2 Å². The number of carbonyl (C=O) groups is 1. The second-order valence-corrected chi connectivity index (χ2v) is 7.31. The van der Waals surface area contributed by atoms with Gasteiger partial charge in [-0.25, -0.2) is 4.79 Å². The van der Waals surface area contributed by atoms with Gasteiger partial charge in [0.2, 0.25) is 0 Å². The van der Waals surface area contributed by atoms with Gasteiger partial charge in [-0.3, -0.25) is 0 Å². The van der Waals surface area contributed by atoms with Gasteiger partial charge in [-0.2, -0.15) is 5.26 Å². The summed E-state index contributed by atoms with van der Waals surface area (Å²) in [5, 5.41) is 23.3. The molecule has 0 aliphatic heterocycles. The van der Waals surface area contributed by atoms with Crippen molar-refractivity contribution in [2.24, 2.45) is 0 Å². The van der Waals surface area contributed by atoms with Gasteiger partial charge >= 0.3 is 5.97 Å². The van der Waals surface area contributed by atoms with E-state index in [1.807, 2.05) is 6.07 Å². The van der Waals surface area contributed by atoms with Crippen molar-refractivity contribution in [1.82, 2.24) is 9.72 Å². The minimum atomic E-state index is -1.05. The summed E-state index contributed by atoms with van der Waals surface area (Å²) in [5.41, 5.74) is 1.91. The Morgan fingerprint density at radius 2 is 2.15 bits per heavy atom. The number of benzene rings is 1. The van der Waals surface area contributed by atoms with Gasteiger partial charge < -0.3 is 14.2 Å². The summed E-state index contributed by atoms with van der Waals surface area (Å²) in [4.78, 5) is 12.5. The van der Waals surface area contributed by atoms with E-state index in [0.29, 0.717) is 32.3 Å². The van der Waals surface area contributed by atoms with Crippen LogP contribution in [0.3, 0.4) is 0 Å². The summed E-state index contributed by atoms with van der Waals surface area (Å²) in [6.45, 7) is 0.236. The normalized spacial score (nSPS) is 10.9. The number of aromatic carboxylic acids is 1. The zero-order valence-electron chi connectivity index (χ0n) is 13.1. The maximum Gasteiger partial charge on any atom is 0.352 e. The molecule has 6 nitrogen and oxygen atoms in total. The summed E-state index contributed by atoms with van der Waals surface area (Å²) < 4.78 is 7.65. The van der Waals surface area contributed by atoms with E-state index in [9.17, 15) is 9.90 Å². The third kappa shape index (κ3) is 2.86. The molecule has 0 fully saturated rings. The average molecular weight is 384 g/mol. The summed E-state index contributed by atoms with van der Waals surface area (Å²) in [7, 11) is 0. The number of hydrogen-bond acceptors (Lipinski definition) is 5. The Morgan fingerprint density at radius 1 is 1.31 bits per heavy atom. The van der Waals surface area contributed by atoms with E-state index in [2.05, 4.69) is 11.2 Å². The SMILES string of the molecule is N#Cc1ccc2c(c1)cc(C(=O)O)n2Cc1cc(-c2ccc(Cl)s2)on1. The van der Waals surface area contributed by atoms with Crippen molar-refractivity contribution >= 4 is 39.8 Å². The van der Waals surface area contributed by atoms with Gasteiger partial charge in [0.05, 0.1) is 27.4 Å². The van der Waals surface area contributed by atoms with Gasteiger partial charge in [-0.1, -0.05) is 16.8 Å². The molecule has 0 unspecified atom stereocenters. The van der Waals surface area contributed by atoms with Crippen molar-refractivity contribution in [2.75, 3.05) is 0 Å². The number of aromatic nitrogens is 2. The number of rotatable bonds is 4. The maximum atomic E-state index is 11.6. The van der Waals surface area contributed by atoms with Gasteiger partial charge in [0.15, 0.2) is 5.76 Å². The molecule has 0 aliphatic carbocycles. The quantitative estimate of drug-likeness (QED) is 0.554. The van der Waals surface area contributed by atoms with Crippen LogP contribution in [0.5, 0.6) is 0 Å². The largest absolute Gasteiger partial charge is 0.477 e. The maximum absolute atomic E-state index is 11.6. The molecule has 0 amide bonds. The summed E-state index contributed by atoms with van der Waals surface area (Å²) in [6.07, 6.45) is 0. The molecule has 0 saturated heterocycles. The predicted molar refractivity (Wildman–Crippen MR) is 97.5 cm³/mol. The fourth-order valence-electron chi connectivity index (χ4n) is 2.80. The smallest absolute Gasteiger partial charge is 0.352 e. The minimum absolute atomic E-state index is 0.124. The van der Waals surface area contributed by atoms with E-state index in [0.717, 1.165) is 4.88 Å². The zero-order chi connectivity index (χ0) is 18.3. The van der Waals surface area contributed by atoms with Crippen molar-refractivity contribution in [2.45, 2.75) is 6.54 Å². The van der Waals surface area contributed by atoms with Crippen LogP contribution in [0.4, 0.5) is 0 Å². The fourth-order valence-corrected chi connectivity index (χ4v) is 3.79. The first kappa shape index (κ1) is 16.4. The van der Waals surface area contributed by atoms with Crippen molar-refractivity contribution in [3.8, 4) is 16.7 Å². The van der Waals surface area contributed by atoms with Crippen LogP contribution < -0.4 is 0 Å². The van der Waals surface area contributed by atoms with E-state index >= 15 is 0 Å². The van der Waals surface area contributed by atoms with Crippen LogP contribution >= 0.6 is 22.9 Å². The predicted octanol–water partition coefficient (Wildman–Crippen LogP) is 4.63. The Balaban J connectivity index is 1.75. The number of thiophene rings is 1. The van der Waals surface area contributed by atoms with Gasteiger partial charge in [-0.05, 0) is 36.4 Å². The topological polar surface area (TPSA) is 92.1 Å². The van der Waals surface area contributed by atoms with Gasteiger partial charge in [0.1, 0.15) is 11.4 Å². The van der Waals surface area contributed by atoms with Crippen molar-refractivity contribution < 1.29 is 14.4 Å². The Labute approximate surface area is 156 Å². The molecule has 4 aromatic rings. The fraction of sp³-hybridized carbons (Fsp3) is 0.0556. The molecule has 0 saturated carbocycles. The Kier molecular flexibility index (Phi) is 3.99. The molecular formula is C18H10ClN3O3S. The number of halogens is 1. The highest BCUT2D eigenvalue weighted by Gasteiger charge is 2.17. The third-order valence-corrected chi connectivity index (χ3v) is 5.19. The summed E-state index contributed by atoms with van der Waals surface area (Å²) in [6, 6.07) is 14.1. The molecule has 0 radical (unpaired) electrons. The van der Waals surface area contributed by atoms with E-state index in [1.54, 1.807) is 41.0 Å². The minimum Gasteiger partial charge on any atom is -0.477 e. The number of nitriles is 1. The van der Waals surface area contributed by atoms with Crippen LogP contribution in [-0.2, 0) is 6.54 Å². The molecule has 0 atom stereocenters. The molecule has 3 heterocycles. The molecule has 26 heavy (non-hydrogen) atoms. The van der Waals surface area contributed by atoms with E-state index < -0.39 is 5.97 Å². The number of carboxylic acid groups (broad SMARTS) is 1. The molecule has 0 spiro atoms. The highest BCUT2D eigenvalue weighted by Crippen LogP contribution is 2.32. The monoisotopic (exact) mass is 383 g/mol. The van der Waals surface area contributed by atoms with Crippen LogP contribution in [0.25, 0.3) is 21.5 Å². The van der Waals surface area contributed by atoms with Crippen LogP contribution in [-0.4, -0.2) is 20.8 Å². The lowest BCUT2D eigenvalue weighted by molar-refractivity contribution is 0.0686. The van der Waals surface area contributed by atoms with Gasteiger partial charge in [0.25, 0.3) is 0 Å². The van der Waals surface area contributed by atoms with E-state index in [4.69, 9.17) is 21.4 Å². The lowest BCUT2D eigenvalue weighted by Crippen LogP contribution is -2.09. The molecule has 8 heteroatoms. The first-order valence-corrected chi connectivity index (χ1v) is 8.72. The molecular weight excluding hydrogens is 374 g/mol. The van der Waals surface area contributed by atoms with Crippen molar-refractivity contribution in [1.29, 1.82) is 5.26 Å². The number of nitrogens with zero attached hydrogens (tertiary/aromatic N) is 3. The lowest BCUT2D eigenvalue weighted by atomic mass is 10.2. The Morgan fingerprint density at radius 3 is 2.85 bits per heavy atom. The van der Waals surface area contributed by atoms with Crippen LogP contribution in [0.2, 0.25) is 4.34 Å². The van der Waals surface area contributed by atoms with Crippen molar-refractivity contribution in [3.63, 3.8) is 0 Å². The molecule has 4 rings (SSSR count). The van der Waals surface area contributed by atoms with Gasteiger partial charge in [-0.15, -0.1) is 11.3 Å². The second-order valence-electron chi connectivity index (χ2n) is 5.59. The molecule has 128 valence electrons. The summed E-state index contributed by atoms with van der Waals surface area (Å²) in [5.74, 6) is -0.467. The molecule has 1 N–H and O–H groups in total. The highest BCUT2D eigenvalue weighted by atomic mass is 35.5. The van der Waals surface area contributed by atoms with Crippen LogP contribution in [0, 0.1) is 11.3 Å². The number of carboxylic acids is 1.